The number of alkyl halides is 2. The summed E-state index contributed by atoms with van der Waals surface area (Å²) in [7, 11) is -3.11. The molecule has 0 saturated carbocycles. The molecule has 0 unspecified atom stereocenters. The monoisotopic (exact) mass is 355 g/mol. The van der Waals surface area contributed by atoms with Gasteiger partial charge in [-0.25, -0.2) is 8.42 Å². The van der Waals surface area contributed by atoms with Crippen molar-refractivity contribution < 1.29 is 26.7 Å². The maximum atomic E-state index is 12.4. The van der Waals surface area contributed by atoms with Gasteiger partial charge in [0.25, 0.3) is 5.91 Å². The van der Waals surface area contributed by atoms with Gasteiger partial charge in [-0.15, -0.1) is 0 Å². The topological polar surface area (TPSA) is 72.5 Å². The van der Waals surface area contributed by atoms with Crippen LogP contribution in [0.5, 0.6) is 5.75 Å². The van der Waals surface area contributed by atoms with Gasteiger partial charge < -0.3 is 10.1 Å². The van der Waals surface area contributed by atoms with Crippen LogP contribution in [0.2, 0.25) is 0 Å². The van der Waals surface area contributed by atoms with E-state index in [0.29, 0.717) is 5.75 Å². The number of sulfone groups is 1. The standard InChI is InChI=1S/C16H15F2NO4S/c1-23-13-6-2-11(3-7-13)10-19-15(20)12-4-8-14(9-5-12)24(21,22)16(17)18/h2-9,16H,10H2,1H3,(H,19,20). The second kappa shape index (κ2) is 7.39. The highest BCUT2D eigenvalue weighted by atomic mass is 32.2. The summed E-state index contributed by atoms with van der Waals surface area (Å²) in [6, 6.07) is 11.5. The molecule has 0 saturated heterocycles. The minimum Gasteiger partial charge on any atom is -0.497 e. The molecule has 1 N–H and O–H groups in total. The number of halogens is 2. The summed E-state index contributed by atoms with van der Waals surface area (Å²) in [4.78, 5) is 11.5. The molecule has 2 rings (SSSR count). The zero-order valence-electron chi connectivity index (χ0n) is 12.7. The molecule has 8 heteroatoms. The quantitative estimate of drug-likeness (QED) is 0.865. The number of hydrogen-bond acceptors (Lipinski definition) is 4. The number of amides is 1. The summed E-state index contributed by atoms with van der Waals surface area (Å²) in [5.41, 5.74) is 1.03. The lowest BCUT2D eigenvalue weighted by molar-refractivity contribution is 0.0951. The lowest BCUT2D eigenvalue weighted by Gasteiger charge is -2.07. The Hall–Kier alpha value is -2.48. The third kappa shape index (κ3) is 4.08. The summed E-state index contributed by atoms with van der Waals surface area (Å²) < 4.78 is 52.5. The Labute approximate surface area is 138 Å². The fourth-order valence-electron chi connectivity index (χ4n) is 1.93. The fraction of sp³-hybridized carbons (Fsp3) is 0.188. The molecule has 128 valence electrons. The number of benzene rings is 2. The van der Waals surface area contributed by atoms with E-state index in [1.165, 1.54) is 12.1 Å². The molecule has 0 bridgehead atoms. The van der Waals surface area contributed by atoms with Gasteiger partial charge in [-0.05, 0) is 42.0 Å². The molecule has 2 aromatic rings. The Bertz CT molecular complexity index is 803. The molecule has 0 spiro atoms. The largest absolute Gasteiger partial charge is 0.497 e. The predicted molar refractivity (Wildman–Crippen MR) is 83.8 cm³/mol. The maximum absolute atomic E-state index is 12.4. The van der Waals surface area contributed by atoms with E-state index in [0.717, 1.165) is 17.7 Å². The van der Waals surface area contributed by atoms with Gasteiger partial charge in [0, 0.05) is 12.1 Å². The van der Waals surface area contributed by atoms with Crippen molar-refractivity contribution in [2.45, 2.75) is 17.2 Å². The normalized spacial score (nSPS) is 11.3. The van der Waals surface area contributed by atoms with Crippen LogP contribution in [0.25, 0.3) is 0 Å². The number of carbonyl (C=O) groups excluding carboxylic acids is 1. The number of rotatable bonds is 6. The Morgan fingerprint density at radius 2 is 1.67 bits per heavy atom. The van der Waals surface area contributed by atoms with Crippen LogP contribution in [0.15, 0.2) is 53.4 Å². The molecule has 0 aromatic heterocycles. The van der Waals surface area contributed by atoms with E-state index in [4.69, 9.17) is 4.74 Å². The van der Waals surface area contributed by atoms with E-state index in [1.807, 2.05) is 0 Å². The smallest absolute Gasteiger partial charge is 0.341 e. The van der Waals surface area contributed by atoms with Crippen LogP contribution in [0.3, 0.4) is 0 Å². The molecular formula is C16H15F2NO4S. The average molecular weight is 355 g/mol. The highest BCUT2D eigenvalue weighted by Gasteiger charge is 2.26. The zero-order chi connectivity index (χ0) is 17.7. The highest BCUT2D eigenvalue weighted by Crippen LogP contribution is 2.18. The van der Waals surface area contributed by atoms with E-state index in [-0.39, 0.29) is 12.1 Å². The lowest BCUT2D eigenvalue weighted by Crippen LogP contribution is -2.22. The van der Waals surface area contributed by atoms with Crippen LogP contribution in [0, 0.1) is 0 Å². The average Bonchev–Trinajstić information content (AvgIpc) is 2.60. The van der Waals surface area contributed by atoms with Gasteiger partial charge >= 0.3 is 5.76 Å². The second-order valence-electron chi connectivity index (χ2n) is 4.86. The third-order valence-electron chi connectivity index (χ3n) is 3.29. The molecule has 0 aliphatic rings. The van der Waals surface area contributed by atoms with Crippen LogP contribution in [0.4, 0.5) is 8.78 Å². The first-order valence-corrected chi connectivity index (χ1v) is 8.42. The summed E-state index contributed by atoms with van der Waals surface area (Å²) in [6.07, 6.45) is 0. The summed E-state index contributed by atoms with van der Waals surface area (Å²) in [5, 5.41) is 2.66. The van der Waals surface area contributed by atoms with Crippen molar-refractivity contribution in [3.05, 3.63) is 59.7 Å². The number of methoxy groups -OCH3 is 1. The van der Waals surface area contributed by atoms with Crippen molar-refractivity contribution in [1.82, 2.24) is 5.32 Å². The third-order valence-corrected chi connectivity index (χ3v) is 4.69. The number of ether oxygens (including phenoxy) is 1. The molecule has 0 fully saturated rings. The first kappa shape index (κ1) is 17.9. The van der Waals surface area contributed by atoms with Gasteiger partial charge in [0.1, 0.15) is 5.75 Å². The van der Waals surface area contributed by atoms with Gasteiger partial charge in [0.2, 0.25) is 9.84 Å². The van der Waals surface area contributed by atoms with E-state index in [2.05, 4.69) is 5.32 Å². The number of nitrogens with one attached hydrogen (secondary N) is 1. The van der Waals surface area contributed by atoms with Crippen LogP contribution in [0.1, 0.15) is 15.9 Å². The van der Waals surface area contributed by atoms with E-state index in [9.17, 15) is 22.0 Å². The van der Waals surface area contributed by atoms with Crippen LogP contribution in [-0.4, -0.2) is 27.2 Å². The molecule has 1 amide bonds. The van der Waals surface area contributed by atoms with E-state index < -0.39 is 26.4 Å². The molecule has 0 aliphatic carbocycles. The van der Waals surface area contributed by atoms with Crippen molar-refractivity contribution in [2.75, 3.05) is 7.11 Å². The van der Waals surface area contributed by atoms with Gasteiger partial charge in [0.05, 0.1) is 12.0 Å². The Morgan fingerprint density at radius 3 is 2.17 bits per heavy atom. The molecule has 0 heterocycles. The van der Waals surface area contributed by atoms with Crippen molar-refractivity contribution in [2.24, 2.45) is 0 Å². The minimum absolute atomic E-state index is 0.178. The van der Waals surface area contributed by atoms with Crippen molar-refractivity contribution in [3.8, 4) is 5.75 Å². The molecule has 24 heavy (non-hydrogen) atoms. The predicted octanol–water partition coefficient (Wildman–Crippen LogP) is 2.62. The first-order valence-electron chi connectivity index (χ1n) is 6.88. The zero-order valence-corrected chi connectivity index (χ0v) is 13.5. The molecule has 0 atom stereocenters. The Balaban J connectivity index is 2.02. The first-order chi connectivity index (χ1) is 11.3. The lowest BCUT2D eigenvalue weighted by atomic mass is 10.2. The van der Waals surface area contributed by atoms with Crippen molar-refractivity contribution in [1.29, 1.82) is 0 Å². The van der Waals surface area contributed by atoms with Gasteiger partial charge in [-0.3, -0.25) is 4.79 Å². The van der Waals surface area contributed by atoms with Gasteiger partial charge in [-0.2, -0.15) is 8.78 Å². The van der Waals surface area contributed by atoms with Crippen molar-refractivity contribution in [3.63, 3.8) is 0 Å². The maximum Gasteiger partial charge on any atom is 0.341 e. The molecule has 0 radical (unpaired) electrons. The summed E-state index contributed by atoms with van der Waals surface area (Å²) in [6.45, 7) is 0.264. The van der Waals surface area contributed by atoms with E-state index >= 15 is 0 Å². The molecule has 5 nitrogen and oxygen atoms in total. The molecule has 2 aromatic carbocycles. The number of hydrogen-bond donors (Lipinski definition) is 1. The highest BCUT2D eigenvalue weighted by molar-refractivity contribution is 7.91. The number of carbonyl (C=O) groups is 1. The van der Waals surface area contributed by atoms with Gasteiger partial charge in [0.15, 0.2) is 0 Å². The van der Waals surface area contributed by atoms with Crippen LogP contribution >= 0.6 is 0 Å². The summed E-state index contributed by atoms with van der Waals surface area (Å²) in [5.74, 6) is -3.24. The van der Waals surface area contributed by atoms with Gasteiger partial charge in [-0.1, -0.05) is 12.1 Å². The van der Waals surface area contributed by atoms with Crippen molar-refractivity contribution >= 4 is 15.7 Å². The molecular weight excluding hydrogens is 340 g/mol. The Kier molecular flexibility index (Phi) is 5.50. The second-order valence-corrected chi connectivity index (χ2v) is 6.78. The van der Waals surface area contributed by atoms with E-state index in [1.54, 1.807) is 31.4 Å². The SMILES string of the molecule is COc1ccc(CNC(=O)c2ccc(S(=O)(=O)C(F)F)cc2)cc1. The fourth-order valence-corrected chi connectivity index (χ4v) is 2.65. The summed E-state index contributed by atoms with van der Waals surface area (Å²) >= 11 is 0. The molecule has 0 aliphatic heterocycles. The Morgan fingerprint density at radius 1 is 1.08 bits per heavy atom. The van der Waals surface area contributed by atoms with Crippen LogP contribution in [-0.2, 0) is 16.4 Å². The van der Waals surface area contributed by atoms with Crippen LogP contribution < -0.4 is 10.1 Å². The minimum atomic E-state index is -4.66.